The first-order valence-electron chi connectivity index (χ1n) is 13.1. The number of ether oxygens (including phenoxy) is 2. The summed E-state index contributed by atoms with van der Waals surface area (Å²) >= 11 is 0. The van der Waals surface area contributed by atoms with E-state index in [4.69, 9.17) is 14.9 Å². The van der Waals surface area contributed by atoms with Crippen LogP contribution in [0.25, 0.3) is 0 Å². The SMILES string of the molecule is CCCCCCCCCCCCCCCCCCOC(=O)CCC(=O)OCC(C(=O)O)C(=O)O.[NaH].[NaH].[NaH].[NaH]. The van der Waals surface area contributed by atoms with Gasteiger partial charge in [0.15, 0.2) is 5.92 Å². The molecule has 2 N–H and O–H groups in total. The zero-order valence-corrected chi connectivity index (χ0v) is 21.1. The van der Waals surface area contributed by atoms with Crippen LogP contribution in [0.2, 0.25) is 0 Å². The molecule has 0 aromatic heterocycles. The normalized spacial score (nSPS) is 9.74. The van der Waals surface area contributed by atoms with E-state index in [0.717, 1.165) is 19.3 Å². The van der Waals surface area contributed by atoms with Gasteiger partial charge in [-0.3, -0.25) is 19.2 Å². The van der Waals surface area contributed by atoms with Crippen molar-refractivity contribution in [2.24, 2.45) is 5.92 Å². The fraction of sp³-hybridized carbons (Fsp3) is 0.846. The molecule has 0 aliphatic carbocycles. The van der Waals surface area contributed by atoms with Gasteiger partial charge in [-0.1, -0.05) is 103 Å². The van der Waals surface area contributed by atoms with Crippen LogP contribution in [0.5, 0.6) is 0 Å². The monoisotopic (exact) mass is 582 g/mol. The van der Waals surface area contributed by atoms with Gasteiger partial charge in [0, 0.05) is 0 Å². The van der Waals surface area contributed by atoms with Gasteiger partial charge in [-0.15, -0.1) is 0 Å². The number of rotatable bonds is 24. The van der Waals surface area contributed by atoms with Crippen molar-refractivity contribution in [2.75, 3.05) is 13.2 Å². The molecule has 0 saturated heterocycles. The molecule has 0 spiro atoms. The summed E-state index contributed by atoms with van der Waals surface area (Å²) in [4.78, 5) is 44.6. The number of carboxylic acid groups (broad SMARTS) is 2. The second-order valence-electron chi connectivity index (χ2n) is 8.94. The number of unbranched alkanes of at least 4 members (excludes halogenated alkanes) is 15. The van der Waals surface area contributed by atoms with Crippen LogP contribution in [-0.2, 0) is 28.7 Å². The van der Waals surface area contributed by atoms with Gasteiger partial charge >= 0.3 is 142 Å². The zero-order valence-electron chi connectivity index (χ0n) is 21.1. The third kappa shape index (κ3) is 34.1. The van der Waals surface area contributed by atoms with Gasteiger partial charge in [0.25, 0.3) is 0 Å². The molecule has 0 aromatic carbocycles. The Bertz CT molecular complexity index is 565. The second-order valence-corrected chi connectivity index (χ2v) is 8.94. The molecule has 0 radical (unpaired) electrons. The Morgan fingerprint density at radius 3 is 1.18 bits per heavy atom. The Balaban J connectivity index is -0.000000907. The van der Waals surface area contributed by atoms with Gasteiger partial charge in [0.05, 0.1) is 19.4 Å². The standard InChI is InChI=1S/C26H46O8.4Na.4H/c1-2-3-4-5-6-7-8-9-10-11-12-13-14-15-16-17-20-33-23(27)18-19-24(28)34-21-22(25(29)30)26(31)32;;;;;;;;/h22H,2-21H2,1H3,(H,29,30)(H,31,32);;;;;;;;. The van der Waals surface area contributed by atoms with Crippen LogP contribution in [0.4, 0.5) is 0 Å². The quantitative estimate of drug-likeness (QED) is 0.0769. The van der Waals surface area contributed by atoms with E-state index in [1.165, 1.54) is 83.5 Å². The molecule has 0 unspecified atom stereocenters. The average Bonchev–Trinajstić information content (AvgIpc) is 2.79. The van der Waals surface area contributed by atoms with Crippen LogP contribution < -0.4 is 0 Å². The summed E-state index contributed by atoms with van der Waals surface area (Å²) in [6, 6.07) is 0. The molecule has 0 atom stereocenters. The summed E-state index contributed by atoms with van der Waals surface area (Å²) in [7, 11) is 0. The van der Waals surface area contributed by atoms with E-state index in [-0.39, 0.29) is 131 Å². The maximum atomic E-state index is 11.6. The van der Waals surface area contributed by atoms with Gasteiger partial charge in [-0.25, -0.2) is 0 Å². The Morgan fingerprint density at radius 2 is 0.842 bits per heavy atom. The van der Waals surface area contributed by atoms with Crippen LogP contribution in [0.3, 0.4) is 0 Å². The molecule has 206 valence electrons. The van der Waals surface area contributed by atoms with Crippen LogP contribution in [0.15, 0.2) is 0 Å². The second kappa shape index (κ2) is 36.9. The molecule has 8 nitrogen and oxygen atoms in total. The number of esters is 2. The molecule has 0 fully saturated rings. The van der Waals surface area contributed by atoms with Crippen molar-refractivity contribution in [3.8, 4) is 0 Å². The Kier molecular flexibility index (Phi) is 48.1. The molecule has 0 aliphatic heterocycles. The minimum absolute atomic E-state index is 0. The number of hydrogen-bond donors (Lipinski definition) is 2. The number of aliphatic carboxylic acids is 2. The average molecular weight is 583 g/mol. The molecular formula is C26H50Na4O8. The molecule has 0 rings (SSSR count). The number of carbonyl (C=O) groups is 4. The van der Waals surface area contributed by atoms with Gasteiger partial charge in [0.1, 0.15) is 6.61 Å². The van der Waals surface area contributed by atoms with Crippen molar-refractivity contribution < 1.29 is 38.9 Å². The molecule has 0 amide bonds. The third-order valence-corrected chi connectivity index (χ3v) is 5.80. The molecular weight excluding hydrogens is 532 g/mol. The van der Waals surface area contributed by atoms with E-state index in [0.29, 0.717) is 6.61 Å². The van der Waals surface area contributed by atoms with Crippen molar-refractivity contribution in [3.05, 3.63) is 0 Å². The van der Waals surface area contributed by atoms with Crippen molar-refractivity contribution >= 4 is 142 Å². The first-order chi connectivity index (χ1) is 16.4. The van der Waals surface area contributed by atoms with Crippen LogP contribution in [-0.4, -0.2) is 166 Å². The maximum absolute atomic E-state index is 11.6. The fourth-order valence-electron chi connectivity index (χ4n) is 3.61. The van der Waals surface area contributed by atoms with Gasteiger partial charge < -0.3 is 19.7 Å². The molecule has 0 aromatic rings. The van der Waals surface area contributed by atoms with Gasteiger partial charge in [-0.05, 0) is 6.42 Å². The number of hydrogen-bond acceptors (Lipinski definition) is 6. The molecule has 0 bridgehead atoms. The van der Waals surface area contributed by atoms with E-state index < -0.39 is 36.4 Å². The number of carboxylic acids is 2. The summed E-state index contributed by atoms with van der Waals surface area (Å²) in [6.07, 6.45) is 19.9. The zero-order chi connectivity index (χ0) is 25.4. The predicted molar refractivity (Wildman–Crippen MR) is 158 cm³/mol. The molecule has 0 saturated carbocycles. The first-order valence-corrected chi connectivity index (χ1v) is 13.1. The van der Waals surface area contributed by atoms with Crippen molar-refractivity contribution in [1.29, 1.82) is 0 Å². The topological polar surface area (TPSA) is 127 Å². The van der Waals surface area contributed by atoms with E-state index in [2.05, 4.69) is 11.7 Å². The van der Waals surface area contributed by atoms with Crippen molar-refractivity contribution in [2.45, 2.75) is 122 Å². The molecule has 38 heavy (non-hydrogen) atoms. The summed E-state index contributed by atoms with van der Waals surface area (Å²) in [5.74, 6) is -6.33. The van der Waals surface area contributed by atoms with Crippen LogP contribution >= 0.6 is 0 Å². The summed E-state index contributed by atoms with van der Waals surface area (Å²) in [6.45, 7) is 1.80. The van der Waals surface area contributed by atoms with Gasteiger partial charge in [0.2, 0.25) is 0 Å². The van der Waals surface area contributed by atoms with E-state index in [1.807, 2.05) is 0 Å². The van der Waals surface area contributed by atoms with Crippen LogP contribution in [0, 0.1) is 5.92 Å². The van der Waals surface area contributed by atoms with Gasteiger partial charge in [-0.2, -0.15) is 0 Å². The Labute approximate surface area is 318 Å². The minimum atomic E-state index is -1.81. The molecule has 0 heterocycles. The predicted octanol–water partition coefficient (Wildman–Crippen LogP) is 3.31. The van der Waals surface area contributed by atoms with E-state index in [1.54, 1.807) is 0 Å². The first kappa shape index (κ1) is 49.6. The number of carbonyl (C=O) groups excluding carboxylic acids is 2. The fourth-order valence-corrected chi connectivity index (χ4v) is 3.61. The van der Waals surface area contributed by atoms with Crippen molar-refractivity contribution in [3.63, 3.8) is 0 Å². The summed E-state index contributed by atoms with van der Waals surface area (Å²) in [5.41, 5.74) is 0. The summed E-state index contributed by atoms with van der Waals surface area (Å²) < 4.78 is 9.69. The molecule has 12 heteroatoms. The Morgan fingerprint density at radius 1 is 0.526 bits per heavy atom. The summed E-state index contributed by atoms with van der Waals surface area (Å²) in [5, 5.41) is 17.4. The van der Waals surface area contributed by atoms with E-state index >= 15 is 0 Å². The Hall–Kier alpha value is 1.88. The van der Waals surface area contributed by atoms with Crippen molar-refractivity contribution in [1.82, 2.24) is 0 Å². The van der Waals surface area contributed by atoms with E-state index in [9.17, 15) is 19.2 Å². The third-order valence-electron chi connectivity index (χ3n) is 5.80. The van der Waals surface area contributed by atoms with Crippen LogP contribution in [0.1, 0.15) is 122 Å². The molecule has 0 aliphatic rings.